The van der Waals surface area contributed by atoms with E-state index in [1.54, 1.807) is 6.92 Å². The van der Waals surface area contributed by atoms with E-state index >= 15 is 0 Å². The molecule has 1 amide bonds. The summed E-state index contributed by atoms with van der Waals surface area (Å²) in [7, 11) is 0. The molecular formula is C20H23N3O2S. The van der Waals surface area contributed by atoms with Crippen LogP contribution in [0.15, 0.2) is 22.0 Å². The fourth-order valence-electron chi connectivity index (χ4n) is 3.25. The third-order valence-corrected chi connectivity index (χ3v) is 5.06. The molecule has 0 fully saturated rings. The first-order valence-corrected chi connectivity index (χ1v) is 9.47. The number of aryl methyl sites for hydroxylation is 4. The Balaban J connectivity index is 1.88. The lowest BCUT2D eigenvalue weighted by Crippen LogP contribution is -2.14. The van der Waals surface area contributed by atoms with Crippen LogP contribution in [-0.4, -0.2) is 16.0 Å². The SMILES string of the molecule is Cc1cc(C)c(-c2csc(NC(=O)c3c(C)noc3C(C)C)n2)c(C)c1. The second-order valence-corrected chi connectivity index (χ2v) is 7.79. The van der Waals surface area contributed by atoms with Gasteiger partial charge in [0.05, 0.1) is 11.4 Å². The molecule has 6 heteroatoms. The highest BCUT2D eigenvalue weighted by molar-refractivity contribution is 7.14. The minimum absolute atomic E-state index is 0.0849. The van der Waals surface area contributed by atoms with E-state index in [0.717, 1.165) is 11.3 Å². The van der Waals surface area contributed by atoms with Gasteiger partial charge in [-0.25, -0.2) is 4.98 Å². The predicted molar refractivity (Wildman–Crippen MR) is 105 cm³/mol. The van der Waals surface area contributed by atoms with Gasteiger partial charge in [-0.2, -0.15) is 0 Å². The fraction of sp³-hybridized carbons (Fsp3) is 0.350. The highest BCUT2D eigenvalue weighted by atomic mass is 32.1. The Labute approximate surface area is 157 Å². The van der Waals surface area contributed by atoms with Gasteiger partial charge in [-0.05, 0) is 38.8 Å². The molecule has 1 N–H and O–H groups in total. The van der Waals surface area contributed by atoms with Gasteiger partial charge in [-0.3, -0.25) is 10.1 Å². The molecule has 3 rings (SSSR count). The monoisotopic (exact) mass is 369 g/mol. The molecule has 0 saturated heterocycles. The summed E-state index contributed by atoms with van der Waals surface area (Å²) in [5, 5.41) is 9.37. The van der Waals surface area contributed by atoms with Gasteiger partial charge < -0.3 is 4.52 Å². The largest absolute Gasteiger partial charge is 0.360 e. The molecule has 0 radical (unpaired) electrons. The maximum absolute atomic E-state index is 12.7. The Morgan fingerprint density at radius 3 is 2.42 bits per heavy atom. The van der Waals surface area contributed by atoms with Gasteiger partial charge in [-0.1, -0.05) is 36.7 Å². The number of amides is 1. The van der Waals surface area contributed by atoms with Gasteiger partial charge >= 0.3 is 0 Å². The van der Waals surface area contributed by atoms with Crippen LogP contribution in [-0.2, 0) is 0 Å². The first-order valence-electron chi connectivity index (χ1n) is 8.59. The number of carbonyl (C=O) groups excluding carboxylic acids is 1. The Morgan fingerprint density at radius 2 is 1.81 bits per heavy atom. The highest BCUT2D eigenvalue weighted by Crippen LogP contribution is 2.31. The lowest BCUT2D eigenvalue weighted by Gasteiger charge is -2.09. The topological polar surface area (TPSA) is 68.0 Å². The third kappa shape index (κ3) is 3.42. The summed E-state index contributed by atoms with van der Waals surface area (Å²) in [4.78, 5) is 17.3. The van der Waals surface area contributed by atoms with Crippen LogP contribution in [0.4, 0.5) is 5.13 Å². The zero-order chi connectivity index (χ0) is 19.0. The zero-order valence-corrected chi connectivity index (χ0v) is 16.7. The van der Waals surface area contributed by atoms with Crippen LogP contribution < -0.4 is 5.32 Å². The van der Waals surface area contributed by atoms with E-state index in [4.69, 9.17) is 4.52 Å². The van der Waals surface area contributed by atoms with Crippen molar-refractivity contribution in [3.63, 3.8) is 0 Å². The Bertz CT molecular complexity index is 946. The number of carbonyl (C=O) groups is 1. The fourth-order valence-corrected chi connectivity index (χ4v) is 3.94. The van der Waals surface area contributed by atoms with Crippen molar-refractivity contribution in [2.45, 2.75) is 47.5 Å². The standard InChI is InChI=1S/C20H23N3O2S/c1-10(2)18-17(14(6)23-25-18)19(24)22-20-21-15(9-26-20)16-12(4)7-11(3)8-13(16)5/h7-10H,1-6H3,(H,21,22,24). The Hall–Kier alpha value is -2.47. The smallest absolute Gasteiger partial charge is 0.262 e. The number of nitrogens with one attached hydrogen (secondary N) is 1. The van der Waals surface area contributed by atoms with Crippen LogP contribution in [0.3, 0.4) is 0 Å². The van der Waals surface area contributed by atoms with Gasteiger partial charge in [-0.15, -0.1) is 11.3 Å². The average molecular weight is 369 g/mol. The summed E-state index contributed by atoms with van der Waals surface area (Å²) in [6.07, 6.45) is 0. The molecule has 0 aliphatic rings. The van der Waals surface area contributed by atoms with Crippen molar-refractivity contribution in [1.82, 2.24) is 10.1 Å². The molecular weight excluding hydrogens is 346 g/mol. The van der Waals surface area contributed by atoms with Crippen LogP contribution >= 0.6 is 11.3 Å². The molecule has 136 valence electrons. The average Bonchev–Trinajstić information content (AvgIpc) is 3.13. The molecule has 0 spiro atoms. The van der Waals surface area contributed by atoms with Crippen LogP contribution in [0.5, 0.6) is 0 Å². The van der Waals surface area contributed by atoms with Gasteiger partial charge in [0.2, 0.25) is 0 Å². The summed E-state index contributed by atoms with van der Waals surface area (Å²) >= 11 is 1.42. The maximum atomic E-state index is 12.7. The third-order valence-electron chi connectivity index (χ3n) is 4.30. The molecule has 0 atom stereocenters. The number of hydrogen-bond donors (Lipinski definition) is 1. The van der Waals surface area contributed by atoms with Crippen LogP contribution in [0.1, 0.15) is 58.3 Å². The first kappa shape index (κ1) is 18.3. The van der Waals surface area contributed by atoms with E-state index in [2.05, 4.69) is 48.4 Å². The molecule has 0 aliphatic carbocycles. The lowest BCUT2D eigenvalue weighted by atomic mass is 9.98. The molecule has 2 heterocycles. The second-order valence-electron chi connectivity index (χ2n) is 6.93. The summed E-state index contributed by atoms with van der Waals surface area (Å²) in [6.45, 7) is 12.0. The number of hydrogen-bond acceptors (Lipinski definition) is 5. The van der Waals surface area contributed by atoms with Crippen molar-refractivity contribution in [3.05, 3.63) is 51.2 Å². The van der Waals surface area contributed by atoms with Crippen LogP contribution in [0, 0.1) is 27.7 Å². The van der Waals surface area contributed by atoms with E-state index in [9.17, 15) is 4.79 Å². The number of benzene rings is 1. The van der Waals surface area contributed by atoms with Crippen molar-refractivity contribution in [2.24, 2.45) is 0 Å². The second kappa shape index (κ2) is 7.03. The van der Waals surface area contributed by atoms with E-state index < -0.39 is 0 Å². The van der Waals surface area contributed by atoms with E-state index in [1.165, 1.54) is 28.0 Å². The van der Waals surface area contributed by atoms with Gasteiger partial charge in [0.15, 0.2) is 10.9 Å². The first-order chi connectivity index (χ1) is 12.3. The number of rotatable bonds is 4. The van der Waals surface area contributed by atoms with Crippen molar-refractivity contribution in [2.75, 3.05) is 5.32 Å². The zero-order valence-electron chi connectivity index (χ0n) is 15.9. The minimum atomic E-state index is -0.231. The van der Waals surface area contributed by atoms with Crippen LogP contribution in [0.25, 0.3) is 11.3 Å². The molecule has 2 aromatic heterocycles. The minimum Gasteiger partial charge on any atom is -0.360 e. The summed E-state index contributed by atoms with van der Waals surface area (Å²) < 4.78 is 5.31. The molecule has 0 unspecified atom stereocenters. The number of nitrogens with zero attached hydrogens (tertiary/aromatic N) is 2. The van der Waals surface area contributed by atoms with E-state index in [-0.39, 0.29) is 11.8 Å². The molecule has 5 nitrogen and oxygen atoms in total. The van der Waals surface area contributed by atoms with Gasteiger partial charge in [0.25, 0.3) is 5.91 Å². The molecule has 1 aromatic carbocycles. The molecule has 3 aromatic rings. The normalized spacial score (nSPS) is 11.2. The van der Waals surface area contributed by atoms with Gasteiger partial charge in [0.1, 0.15) is 5.56 Å². The van der Waals surface area contributed by atoms with Crippen molar-refractivity contribution >= 4 is 22.4 Å². The summed E-state index contributed by atoms with van der Waals surface area (Å²) in [6, 6.07) is 4.30. The Kier molecular flexibility index (Phi) is 4.96. The van der Waals surface area contributed by atoms with Crippen LogP contribution in [0.2, 0.25) is 0 Å². The Morgan fingerprint density at radius 1 is 1.15 bits per heavy atom. The molecule has 0 saturated carbocycles. The summed E-state index contributed by atoms with van der Waals surface area (Å²) in [5.74, 6) is 0.453. The van der Waals surface area contributed by atoms with E-state index in [0.29, 0.717) is 22.1 Å². The summed E-state index contributed by atoms with van der Waals surface area (Å²) in [5.41, 5.74) is 6.69. The molecule has 26 heavy (non-hydrogen) atoms. The number of aromatic nitrogens is 2. The number of anilines is 1. The predicted octanol–water partition coefficient (Wildman–Crippen LogP) is 5.41. The van der Waals surface area contributed by atoms with Crippen molar-refractivity contribution in [1.29, 1.82) is 0 Å². The highest BCUT2D eigenvalue weighted by Gasteiger charge is 2.23. The van der Waals surface area contributed by atoms with Gasteiger partial charge in [0, 0.05) is 16.9 Å². The van der Waals surface area contributed by atoms with Crippen molar-refractivity contribution in [3.8, 4) is 11.3 Å². The van der Waals surface area contributed by atoms with Crippen molar-refractivity contribution < 1.29 is 9.32 Å². The molecule has 0 bridgehead atoms. The lowest BCUT2D eigenvalue weighted by molar-refractivity contribution is 0.102. The quantitative estimate of drug-likeness (QED) is 0.668. The molecule has 0 aliphatic heterocycles. The van der Waals surface area contributed by atoms with E-state index in [1.807, 2.05) is 19.2 Å². The maximum Gasteiger partial charge on any atom is 0.262 e. The number of thiazole rings is 1.